The SMILES string of the molecule is COCCC[C@H]1O[C@@](O)([C@H](C)C2CC(OC)C(O)C=C(C)C=C(C)C=C(C)C(O[C@H]3O[C@H](C)[C@@H](OC)[C@H](O)[C@H]3O)C(C)C=C(C)C=C(OC)C=C(C)C(=O)O2)[C@H](OC)[C@@H](O)[C@]1(C)O[C@H]1C[C@H](O)[C@H](O[C@H]2C[C@@](C)(O)[C@H](O)[C@@H](C)O2)[C@@H](C)O1. The van der Waals surface area contributed by atoms with Gasteiger partial charge in [-0.25, -0.2) is 4.79 Å². The fourth-order valence-corrected chi connectivity index (χ4v) is 12.0. The molecule has 4 fully saturated rings. The Morgan fingerprint density at radius 1 is 0.707 bits per heavy atom. The van der Waals surface area contributed by atoms with Crippen molar-refractivity contribution < 1.29 is 107 Å². The fourth-order valence-electron chi connectivity index (χ4n) is 12.0. The third kappa shape index (κ3) is 16.7. The lowest BCUT2D eigenvalue weighted by Crippen LogP contribution is -2.74. The van der Waals surface area contributed by atoms with Gasteiger partial charge in [-0.15, -0.1) is 0 Å². The zero-order valence-corrected chi connectivity index (χ0v) is 51.1. The molecule has 0 saturated carbocycles. The van der Waals surface area contributed by atoms with Crippen molar-refractivity contribution >= 4 is 5.97 Å². The molecular formula is C60H98O22. The molecule has 0 radical (unpaired) electrons. The van der Waals surface area contributed by atoms with Gasteiger partial charge in [0.25, 0.3) is 0 Å². The number of allylic oxidation sites excluding steroid dienone is 7. The summed E-state index contributed by atoms with van der Waals surface area (Å²) < 4.78 is 79.0. The van der Waals surface area contributed by atoms with Gasteiger partial charge in [0, 0.05) is 65.8 Å². The van der Waals surface area contributed by atoms with E-state index >= 15 is 0 Å². The molecule has 0 aromatic heterocycles. The first-order chi connectivity index (χ1) is 38.4. The highest BCUT2D eigenvalue weighted by Gasteiger charge is 2.64. The number of hydrogen-bond acceptors (Lipinski definition) is 22. The minimum absolute atomic E-state index is 0.0638. The number of cyclic esters (lactones) is 1. The number of carbonyl (C=O) groups is 1. The van der Waals surface area contributed by atoms with Crippen molar-refractivity contribution in [1.29, 1.82) is 0 Å². The van der Waals surface area contributed by atoms with Crippen molar-refractivity contribution in [3.05, 3.63) is 70.1 Å². The largest absolute Gasteiger partial charge is 0.497 e. The lowest BCUT2D eigenvalue weighted by Gasteiger charge is -2.57. The minimum atomic E-state index is -2.43. The fraction of sp³-hybridized carbons (Fsp3) is 0.783. The second kappa shape index (κ2) is 30.0. The number of aliphatic hydroxyl groups excluding tert-OH is 6. The third-order valence-electron chi connectivity index (χ3n) is 16.7. The molecule has 5 unspecified atom stereocenters. The van der Waals surface area contributed by atoms with E-state index in [4.69, 9.17) is 61.6 Å². The highest BCUT2D eigenvalue weighted by atomic mass is 16.7. The van der Waals surface area contributed by atoms with Gasteiger partial charge in [-0.1, -0.05) is 54.9 Å². The second-order valence-electron chi connectivity index (χ2n) is 23.6. The predicted octanol–water partition coefficient (Wildman–Crippen LogP) is 3.87. The normalized spacial score (nSPS) is 43.0. The van der Waals surface area contributed by atoms with Crippen LogP contribution in [0.3, 0.4) is 0 Å². The molecule has 82 heavy (non-hydrogen) atoms. The molecule has 0 spiro atoms. The second-order valence-corrected chi connectivity index (χ2v) is 23.6. The topological polar surface area (TPSA) is 299 Å². The van der Waals surface area contributed by atoms with Crippen molar-refractivity contribution in [2.45, 2.75) is 249 Å². The quantitative estimate of drug-likeness (QED) is 0.0804. The predicted molar refractivity (Wildman–Crippen MR) is 298 cm³/mol. The lowest BCUT2D eigenvalue weighted by atomic mass is 9.75. The van der Waals surface area contributed by atoms with Crippen LogP contribution in [0.1, 0.15) is 115 Å². The van der Waals surface area contributed by atoms with Crippen molar-refractivity contribution in [2.75, 3.05) is 42.2 Å². The number of ether oxygens (including phenoxy) is 13. The molecule has 0 amide bonds. The van der Waals surface area contributed by atoms with Crippen molar-refractivity contribution in [3.63, 3.8) is 0 Å². The van der Waals surface area contributed by atoms with Gasteiger partial charge in [0.2, 0.25) is 5.79 Å². The number of aliphatic hydroxyl groups is 8. The monoisotopic (exact) mass is 1170 g/mol. The molecule has 5 rings (SSSR count). The van der Waals surface area contributed by atoms with Crippen LogP contribution < -0.4 is 0 Å². The summed E-state index contributed by atoms with van der Waals surface area (Å²) in [5, 5.41) is 92.6. The molecule has 5 aliphatic heterocycles. The van der Waals surface area contributed by atoms with E-state index in [0.29, 0.717) is 12.0 Å². The highest BCUT2D eigenvalue weighted by Crippen LogP contribution is 2.47. The van der Waals surface area contributed by atoms with Gasteiger partial charge in [-0.3, -0.25) is 0 Å². The number of hydrogen-bond donors (Lipinski definition) is 8. The van der Waals surface area contributed by atoms with Crippen LogP contribution in [-0.4, -0.2) is 223 Å². The molecule has 8 N–H and O–H groups in total. The summed E-state index contributed by atoms with van der Waals surface area (Å²) >= 11 is 0. The Morgan fingerprint density at radius 3 is 1.95 bits per heavy atom. The first kappa shape index (κ1) is 69.7. The van der Waals surface area contributed by atoms with Crippen molar-refractivity contribution in [1.82, 2.24) is 0 Å². The Kier molecular flexibility index (Phi) is 25.5. The molecule has 0 aromatic rings. The molecule has 22 nitrogen and oxygen atoms in total. The summed E-state index contributed by atoms with van der Waals surface area (Å²) in [5.74, 6) is -4.57. The highest BCUT2D eigenvalue weighted by molar-refractivity contribution is 5.88. The van der Waals surface area contributed by atoms with E-state index in [1.54, 1.807) is 53.7 Å². The van der Waals surface area contributed by atoms with Crippen LogP contribution in [0.4, 0.5) is 0 Å². The molecule has 5 aliphatic rings. The molecular weight excluding hydrogens is 1070 g/mol. The van der Waals surface area contributed by atoms with Gasteiger partial charge in [-0.05, 0) is 99.8 Å². The Hall–Kier alpha value is -3.05. The Balaban J connectivity index is 1.49. The van der Waals surface area contributed by atoms with Crippen LogP contribution in [0, 0.1) is 11.8 Å². The van der Waals surface area contributed by atoms with E-state index in [2.05, 4.69) is 0 Å². The van der Waals surface area contributed by atoms with Gasteiger partial charge in [-0.2, -0.15) is 0 Å². The zero-order chi connectivity index (χ0) is 61.3. The summed E-state index contributed by atoms with van der Waals surface area (Å²) in [6, 6.07) is 0. The average Bonchev–Trinajstić information content (AvgIpc) is 3.40. The van der Waals surface area contributed by atoms with Crippen LogP contribution in [0.2, 0.25) is 0 Å². The standard InChI is InChI=1S/C60H98O22/c1-30-21-31(2)25-41(61)44(72-15)28-43(78-56(67)35(6)26-40(71-14)24-32(3)23-34(5)50(33(4)22-30)80-57-49(64)48(63)52(73-16)38(9)77-57)36(7)60(69)55(74-17)54(66)59(12,45(81-60)19-18-20-70-13)82-46-27-42(62)51(37(8)75-46)79-47-29-58(11,68)53(65)39(10)76-47/h21-26,34,36-39,41-55,57,61-66,68-69H,18-20,27-29H2,1-17H3/t34?,36-,37-,38-,39-,41?,42+,43?,44?,45-,46+,47+,48-,49-,50?,51-,52-,53-,54-,55-,57-,58-,59-,60+/m1/s1. The van der Waals surface area contributed by atoms with Crippen LogP contribution in [0.15, 0.2) is 70.1 Å². The number of esters is 1. The van der Waals surface area contributed by atoms with Crippen LogP contribution in [-0.2, 0) is 66.4 Å². The summed E-state index contributed by atoms with van der Waals surface area (Å²) in [5.41, 5.74) is -0.215. The summed E-state index contributed by atoms with van der Waals surface area (Å²) in [7, 11) is 7.10. The van der Waals surface area contributed by atoms with E-state index < -0.39 is 145 Å². The molecule has 0 bridgehead atoms. The van der Waals surface area contributed by atoms with Gasteiger partial charge in [0.1, 0.15) is 60.2 Å². The molecule has 470 valence electrons. The first-order valence-corrected chi connectivity index (χ1v) is 28.5. The van der Waals surface area contributed by atoms with Crippen LogP contribution in [0.25, 0.3) is 0 Å². The van der Waals surface area contributed by atoms with Crippen molar-refractivity contribution in [2.24, 2.45) is 11.8 Å². The summed E-state index contributed by atoms with van der Waals surface area (Å²) in [6.07, 6.45) is -10.3. The maximum absolute atomic E-state index is 14.5. The molecule has 22 heteroatoms. The van der Waals surface area contributed by atoms with E-state index in [0.717, 1.165) is 16.7 Å². The maximum Gasteiger partial charge on any atom is 0.334 e. The smallest absolute Gasteiger partial charge is 0.334 e. The molecule has 4 saturated heterocycles. The molecule has 0 aliphatic carbocycles. The van der Waals surface area contributed by atoms with Crippen LogP contribution >= 0.6 is 0 Å². The van der Waals surface area contributed by atoms with Crippen molar-refractivity contribution in [3.8, 4) is 0 Å². The minimum Gasteiger partial charge on any atom is -0.497 e. The maximum atomic E-state index is 14.5. The number of rotatable bonds is 16. The Morgan fingerprint density at radius 2 is 1.35 bits per heavy atom. The lowest BCUT2D eigenvalue weighted by molar-refractivity contribution is -0.416. The number of carbonyl (C=O) groups excluding carboxylic acids is 1. The van der Waals surface area contributed by atoms with Gasteiger partial charge in [0.05, 0.1) is 67.5 Å². The molecule has 5 heterocycles. The third-order valence-corrected chi connectivity index (χ3v) is 16.7. The average molecular weight is 1170 g/mol. The van der Waals surface area contributed by atoms with Gasteiger partial charge in [0.15, 0.2) is 18.9 Å². The zero-order valence-electron chi connectivity index (χ0n) is 51.1. The van der Waals surface area contributed by atoms with Gasteiger partial charge < -0.3 is 102 Å². The van der Waals surface area contributed by atoms with E-state index in [-0.39, 0.29) is 49.5 Å². The summed E-state index contributed by atoms with van der Waals surface area (Å²) in [6.45, 7) is 20.8. The molecule has 0 aromatic carbocycles. The summed E-state index contributed by atoms with van der Waals surface area (Å²) in [4.78, 5) is 14.5. The molecule has 24 atom stereocenters. The van der Waals surface area contributed by atoms with Gasteiger partial charge >= 0.3 is 5.97 Å². The van der Waals surface area contributed by atoms with E-state index in [9.17, 15) is 45.6 Å². The van der Waals surface area contributed by atoms with E-state index in [1.165, 1.54) is 55.5 Å². The van der Waals surface area contributed by atoms with E-state index in [1.807, 2.05) is 45.9 Å². The Bertz CT molecular complexity index is 2250. The van der Waals surface area contributed by atoms with Crippen LogP contribution in [0.5, 0.6) is 0 Å². The number of methoxy groups -OCH3 is 5. The first-order valence-electron chi connectivity index (χ1n) is 28.5. The Labute approximate surface area is 484 Å².